The van der Waals surface area contributed by atoms with Crippen molar-refractivity contribution in [1.82, 2.24) is 15.1 Å². The van der Waals surface area contributed by atoms with Crippen molar-refractivity contribution in [3.05, 3.63) is 52.8 Å². The molecule has 0 atom stereocenters. The number of nitrogens with zero attached hydrogens (tertiary/aromatic N) is 3. The van der Waals surface area contributed by atoms with Crippen LogP contribution in [-0.2, 0) is 23.2 Å². The summed E-state index contributed by atoms with van der Waals surface area (Å²) in [4.78, 5) is 12.6. The highest BCUT2D eigenvalue weighted by Crippen LogP contribution is 2.40. The zero-order valence-corrected chi connectivity index (χ0v) is 17.0. The van der Waals surface area contributed by atoms with Crippen LogP contribution < -0.4 is 5.32 Å². The van der Waals surface area contributed by atoms with Crippen molar-refractivity contribution in [2.45, 2.75) is 70.8 Å². The summed E-state index contributed by atoms with van der Waals surface area (Å²) in [5.41, 5.74) is 4.59. The molecular weight excluding hydrogens is 348 g/mol. The van der Waals surface area contributed by atoms with Gasteiger partial charge >= 0.3 is 0 Å². The van der Waals surface area contributed by atoms with Crippen molar-refractivity contribution < 1.29 is 4.79 Å². The summed E-state index contributed by atoms with van der Waals surface area (Å²) >= 11 is 0. The molecule has 0 spiro atoms. The molecule has 1 aromatic heterocycles. The van der Waals surface area contributed by atoms with Crippen LogP contribution in [-0.4, -0.2) is 22.2 Å². The average Bonchev–Trinajstić information content (AvgIpc) is 3.30. The zero-order chi connectivity index (χ0) is 20.0. The minimum atomic E-state index is 0.0882. The Kier molecular flexibility index (Phi) is 6.51. The lowest BCUT2D eigenvalue weighted by Gasteiger charge is -2.30. The predicted octanol–water partition coefficient (Wildman–Crippen LogP) is 3.97. The van der Waals surface area contributed by atoms with Gasteiger partial charge in [-0.05, 0) is 44.2 Å². The molecule has 1 aliphatic rings. The lowest BCUT2D eigenvalue weighted by molar-refractivity contribution is -0.121. The van der Waals surface area contributed by atoms with Crippen LogP contribution in [0.3, 0.4) is 0 Å². The first-order valence-corrected chi connectivity index (χ1v) is 10.3. The summed E-state index contributed by atoms with van der Waals surface area (Å²) in [6.07, 6.45) is 6.34. The Labute approximate surface area is 167 Å². The van der Waals surface area contributed by atoms with E-state index in [1.165, 1.54) is 18.4 Å². The maximum Gasteiger partial charge on any atom is 0.220 e. The fourth-order valence-electron chi connectivity index (χ4n) is 4.48. The molecule has 28 heavy (non-hydrogen) atoms. The van der Waals surface area contributed by atoms with Crippen molar-refractivity contribution in [2.24, 2.45) is 0 Å². The number of amides is 1. The van der Waals surface area contributed by atoms with Crippen molar-refractivity contribution in [3.63, 3.8) is 0 Å². The molecule has 1 aromatic carbocycles. The molecule has 1 saturated carbocycles. The number of benzene rings is 1. The Morgan fingerprint density at radius 1 is 1.25 bits per heavy atom. The molecule has 0 unspecified atom stereocenters. The van der Waals surface area contributed by atoms with Gasteiger partial charge in [0.25, 0.3) is 0 Å². The van der Waals surface area contributed by atoms with Crippen LogP contribution >= 0.6 is 0 Å². The van der Waals surface area contributed by atoms with E-state index in [-0.39, 0.29) is 11.3 Å². The summed E-state index contributed by atoms with van der Waals surface area (Å²) in [6.45, 7) is 5.32. The Balaban J connectivity index is 1.58. The highest BCUT2D eigenvalue weighted by molar-refractivity contribution is 5.76. The first-order chi connectivity index (χ1) is 13.6. The predicted molar refractivity (Wildman–Crippen MR) is 110 cm³/mol. The fourth-order valence-corrected chi connectivity index (χ4v) is 4.48. The minimum Gasteiger partial charge on any atom is -0.355 e. The maximum atomic E-state index is 12.6. The molecule has 1 fully saturated rings. The minimum absolute atomic E-state index is 0.0882. The summed E-state index contributed by atoms with van der Waals surface area (Å²) in [5, 5.41) is 16.5. The van der Waals surface area contributed by atoms with Crippen LogP contribution in [0.5, 0.6) is 0 Å². The van der Waals surface area contributed by atoms with Crippen molar-refractivity contribution in [3.8, 4) is 6.07 Å². The zero-order valence-electron chi connectivity index (χ0n) is 17.0. The fraction of sp³-hybridized carbons (Fsp3) is 0.522. The number of hydrogen-bond donors (Lipinski definition) is 1. The smallest absolute Gasteiger partial charge is 0.220 e. The monoisotopic (exact) mass is 378 g/mol. The first-order valence-electron chi connectivity index (χ1n) is 10.3. The molecule has 1 heterocycles. The standard InChI is InChI=1S/C23H30N4O/c1-18-21(19(2)27(26-18)16-8-15-24)11-12-22(28)25-17-23(13-6-7-14-23)20-9-4-3-5-10-20/h3-5,9-10H,6-8,11-14,16-17H2,1-2H3,(H,25,28). The van der Waals surface area contributed by atoms with Crippen molar-refractivity contribution >= 4 is 5.91 Å². The van der Waals surface area contributed by atoms with Crippen LogP contribution in [0.2, 0.25) is 0 Å². The number of rotatable bonds is 8. The third kappa shape index (κ3) is 4.44. The number of hydrogen-bond acceptors (Lipinski definition) is 3. The second-order valence-corrected chi connectivity index (χ2v) is 7.91. The van der Waals surface area contributed by atoms with Gasteiger partial charge in [0.1, 0.15) is 0 Å². The normalized spacial score (nSPS) is 15.3. The van der Waals surface area contributed by atoms with Gasteiger partial charge in [0, 0.05) is 24.1 Å². The number of nitriles is 1. The molecule has 0 saturated heterocycles. The SMILES string of the molecule is Cc1nn(CCC#N)c(C)c1CCC(=O)NCC1(c2ccccc2)CCCC1. The van der Waals surface area contributed by atoms with Gasteiger partial charge in [-0.25, -0.2) is 0 Å². The molecule has 1 aliphatic carbocycles. The van der Waals surface area contributed by atoms with Gasteiger partial charge in [-0.15, -0.1) is 0 Å². The maximum absolute atomic E-state index is 12.6. The van der Waals surface area contributed by atoms with Crippen molar-refractivity contribution in [1.29, 1.82) is 5.26 Å². The molecule has 1 amide bonds. The Bertz CT molecular complexity index is 841. The van der Waals surface area contributed by atoms with Gasteiger partial charge in [-0.1, -0.05) is 43.2 Å². The third-order valence-corrected chi connectivity index (χ3v) is 6.14. The van der Waals surface area contributed by atoms with Gasteiger partial charge < -0.3 is 5.32 Å². The summed E-state index contributed by atoms with van der Waals surface area (Å²) in [7, 11) is 0. The highest BCUT2D eigenvalue weighted by atomic mass is 16.1. The van der Waals surface area contributed by atoms with E-state index in [1.54, 1.807) is 0 Å². The lowest BCUT2D eigenvalue weighted by atomic mass is 9.79. The Hall–Kier alpha value is -2.61. The van der Waals surface area contributed by atoms with Crippen LogP contribution in [0.15, 0.2) is 30.3 Å². The summed E-state index contributed by atoms with van der Waals surface area (Å²) in [6, 6.07) is 12.8. The van der Waals surface area contributed by atoms with E-state index in [0.717, 1.165) is 36.3 Å². The van der Waals surface area contributed by atoms with Crippen LogP contribution in [0.25, 0.3) is 0 Å². The molecule has 5 nitrogen and oxygen atoms in total. The third-order valence-electron chi connectivity index (χ3n) is 6.14. The van der Waals surface area contributed by atoms with Gasteiger partial charge in [0.15, 0.2) is 0 Å². The van der Waals surface area contributed by atoms with E-state index < -0.39 is 0 Å². The van der Waals surface area contributed by atoms with Crippen LogP contribution in [0.4, 0.5) is 0 Å². The van der Waals surface area contributed by atoms with E-state index in [1.807, 2.05) is 24.6 Å². The van der Waals surface area contributed by atoms with E-state index >= 15 is 0 Å². The first kappa shape index (κ1) is 20.1. The van der Waals surface area contributed by atoms with E-state index in [0.29, 0.717) is 25.8 Å². The number of aryl methyl sites for hydroxylation is 2. The largest absolute Gasteiger partial charge is 0.355 e. The molecule has 1 N–H and O–H groups in total. The molecule has 3 rings (SSSR count). The topological polar surface area (TPSA) is 70.7 Å². The molecule has 0 radical (unpaired) electrons. The number of aromatic nitrogens is 2. The Morgan fingerprint density at radius 3 is 2.64 bits per heavy atom. The number of carbonyl (C=O) groups excluding carboxylic acids is 1. The lowest BCUT2D eigenvalue weighted by Crippen LogP contribution is -2.39. The van der Waals surface area contributed by atoms with E-state index in [9.17, 15) is 4.79 Å². The second kappa shape index (κ2) is 9.05. The van der Waals surface area contributed by atoms with Crippen LogP contribution in [0, 0.1) is 25.2 Å². The van der Waals surface area contributed by atoms with Gasteiger partial charge in [-0.3, -0.25) is 9.48 Å². The molecule has 2 aromatic rings. The van der Waals surface area contributed by atoms with E-state index in [2.05, 4.69) is 40.8 Å². The van der Waals surface area contributed by atoms with Crippen LogP contribution in [0.1, 0.15) is 61.0 Å². The van der Waals surface area contributed by atoms with Gasteiger partial charge in [0.2, 0.25) is 5.91 Å². The number of carbonyl (C=O) groups is 1. The molecule has 5 heteroatoms. The average molecular weight is 379 g/mol. The Morgan fingerprint density at radius 2 is 1.96 bits per heavy atom. The number of nitrogens with one attached hydrogen (secondary N) is 1. The van der Waals surface area contributed by atoms with Gasteiger partial charge in [0.05, 0.1) is 24.7 Å². The molecular formula is C23H30N4O. The van der Waals surface area contributed by atoms with E-state index in [4.69, 9.17) is 5.26 Å². The molecule has 0 bridgehead atoms. The highest BCUT2D eigenvalue weighted by Gasteiger charge is 2.35. The van der Waals surface area contributed by atoms with Crippen molar-refractivity contribution in [2.75, 3.05) is 6.54 Å². The molecule has 148 valence electrons. The second-order valence-electron chi connectivity index (χ2n) is 7.91. The molecule has 0 aliphatic heterocycles. The van der Waals surface area contributed by atoms with Gasteiger partial charge in [-0.2, -0.15) is 10.4 Å². The quantitative estimate of drug-likeness (QED) is 0.755. The summed E-state index contributed by atoms with van der Waals surface area (Å²) in [5.74, 6) is 0.103. The summed E-state index contributed by atoms with van der Waals surface area (Å²) < 4.78 is 1.88.